The monoisotopic (exact) mass is 439 g/mol. The van der Waals surface area contributed by atoms with Gasteiger partial charge in [0.05, 0.1) is 24.6 Å². The van der Waals surface area contributed by atoms with E-state index in [1.54, 1.807) is 18.3 Å². The fourth-order valence-electron chi connectivity index (χ4n) is 5.74. The van der Waals surface area contributed by atoms with E-state index >= 15 is 4.39 Å². The van der Waals surface area contributed by atoms with Crippen molar-refractivity contribution in [3.63, 3.8) is 0 Å². The SMILES string of the molecule is CC12CN(CC3COC3)CCC1(c1ccc3ncc(C4CCC(=O)NC4=O)cc3c1F)O2. The fraction of sp³-hybridized carbons (Fsp3) is 0.542. The van der Waals surface area contributed by atoms with Gasteiger partial charge >= 0.3 is 0 Å². The molecule has 6 rings (SSSR count). The van der Waals surface area contributed by atoms with E-state index in [0.29, 0.717) is 34.4 Å². The number of carbonyl (C=O) groups excluding carboxylic acids is 2. The minimum absolute atomic E-state index is 0.270. The Balaban J connectivity index is 1.30. The molecule has 0 radical (unpaired) electrons. The zero-order valence-electron chi connectivity index (χ0n) is 18.0. The summed E-state index contributed by atoms with van der Waals surface area (Å²) in [5, 5.41) is 2.76. The average Bonchev–Trinajstić information content (AvgIpc) is 3.36. The molecule has 32 heavy (non-hydrogen) atoms. The number of epoxide rings is 1. The molecule has 8 heteroatoms. The second-order valence-electron chi connectivity index (χ2n) is 9.81. The summed E-state index contributed by atoms with van der Waals surface area (Å²) in [5.74, 6) is -0.853. The Hall–Kier alpha value is -2.42. The molecule has 4 aliphatic heterocycles. The molecule has 1 aromatic carbocycles. The first-order valence-electron chi connectivity index (χ1n) is 11.3. The van der Waals surface area contributed by atoms with Crippen molar-refractivity contribution in [1.82, 2.24) is 15.2 Å². The van der Waals surface area contributed by atoms with Crippen LogP contribution in [-0.4, -0.2) is 60.1 Å². The van der Waals surface area contributed by atoms with Crippen LogP contribution in [0.5, 0.6) is 0 Å². The molecule has 168 valence electrons. The van der Waals surface area contributed by atoms with Crippen LogP contribution < -0.4 is 5.32 Å². The van der Waals surface area contributed by atoms with Gasteiger partial charge in [-0.05, 0) is 37.5 Å². The summed E-state index contributed by atoms with van der Waals surface area (Å²) in [6.45, 7) is 6.34. The topological polar surface area (TPSA) is 84.1 Å². The molecule has 1 aromatic heterocycles. The Labute approximate surface area is 185 Å². The van der Waals surface area contributed by atoms with Crippen molar-refractivity contribution in [3.8, 4) is 0 Å². The van der Waals surface area contributed by atoms with E-state index in [-0.39, 0.29) is 24.1 Å². The summed E-state index contributed by atoms with van der Waals surface area (Å²) < 4.78 is 27.4. The van der Waals surface area contributed by atoms with E-state index < -0.39 is 17.1 Å². The molecule has 0 bridgehead atoms. The molecule has 2 aromatic rings. The number of likely N-dealkylation sites (tertiary alicyclic amines) is 1. The predicted molar refractivity (Wildman–Crippen MR) is 113 cm³/mol. The minimum atomic E-state index is -0.622. The number of benzene rings is 1. The van der Waals surface area contributed by atoms with Gasteiger partial charge in [0.15, 0.2) is 0 Å². The van der Waals surface area contributed by atoms with E-state index in [9.17, 15) is 9.59 Å². The van der Waals surface area contributed by atoms with Gasteiger partial charge in [0.25, 0.3) is 0 Å². The molecule has 0 saturated carbocycles. The number of ether oxygens (including phenoxy) is 2. The predicted octanol–water partition coefficient (Wildman–Crippen LogP) is 2.23. The molecule has 3 atom stereocenters. The summed E-state index contributed by atoms with van der Waals surface area (Å²) >= 11 is 0. The van der Waals surface area contributed by atoms with E-state index in [4.69, 9.17) is 9.47 Å². The highest BCUT2D eigenvalue weighted by Crippen LogP contribution is 2.61. The summed E-state index contributed by atoms with van der Waals surface area (Å²) in [4.78, 5) is 30.6. The van der Waals surface area contributed by atoms with Gasteiger partial charge in [0, 0.05) is 49.1 Å². The maximum atomic E-state index is 15.9. The van der Waals surface area contributed by atoms with Crippen LogP contribution in [0.2, 0.25) is 0 Å². The molecule has 0 aliphatic carbocycles. The van der Waals surface area contributed by atoms with Crippen molar-refractivity contribution in [2.24, 2.45) is 5.92 Å². The van der Waals surface area contributed by atoms with Gasteiger partial charge in [-0.15, -0.1) is 0 Å². The first-order chi connectivity index (χ1) is 15.4. The maximum absolute atomic E-state index is 15.9. The van der Waals surface area contributed by atoms with Crippen LogP contribution in [0.4, 0.5) is 4.39 Å². The van der Waals surface area contributed by atoms with Crippen molar-refractivity contribution < 1.29 is 23.5 Å². The van der Waals surface area contributed by atoms with E-state index in [2.05, 4.69) is 22.1 Å². The smallest absolute Gasteiger partial charge is 0.234 e. The van der Waals surface area contributed by atoms with E-state index in [1.165, 1.54) is 0 Å². The molecule has 3 unspecified atom stereocenters. The van der Waals surface area contributed by atoms with Gasteiger partial charge in [-0.1, -0.05) is 6.07 Å². The molecule has 7 nitrogen and oxygen atoms in total. The number of fused-ring (bicyclic) bond motifs is 2. The number of imide groups is 1. The Kier molecular flexibility index (Phi) is 4.44. The third kappa shape index (κ3) is 3.00. The van der Waals surface area contributed by atoms with Crippen LogP contribution in [0.15, 0.2) is 24.4 Å². The molecule has 4 fully saturated rings. The Bertz CT molecular complexity index is 1140. The zero-order valence-corrected chi connectivity index (χ0v) is 18.0. The number of pyridine rings is 1. The van der Waals surface area contributed by atoms with Crippen LogP contribution in [0.3, 0.4) is 0 Å². The first kappa shape index (κ1) is 20.2. The number of nitrogens with one attached hydrogen (secondary N) is 1. The standard InChI is InChI=1S/C24H26FN3O4/c1-23-13-28(10-14-11-31-12-14)7-6-24(23,32-23)18-3-4-19-17(21(18)25)8-15(9-26-19)16-2-5-20(29)27-22(16)30/h3-4,8-9,14,16H,2,5-7,10-13H2,1H3,(H,27,29,30). The number of rotatable bonds is 4. The van der Waals surface area contributed by atoms with Crippen LogP contribution >= 0.6 is 0 Å². The highest BCUT2D eigenvalue weighted by molar-refractivity contribution is 6.01. The number of amides is 2. The molecular weight excluding hydrogens is 413 g/mol. The third-order valence-electron chi connectivity index (χ3n) is 7.64. The second-order valence-corrected chi connectivity index (χ2v) is 9.81. The minimum Gasteiger partial charge on any atom is -0.381 e. The van der Waals surface area contributed by atoms with Crippen LogP contribution in [0.1, 0.15) is 43.2 Å². The van der Waals surface area contributed by atoms with Crippen LogP contribution in [-0.2, 0) is 24.7 Å². The van der Waals surface area contributed by atoms with Crippen molar-refractivity contribution in [2.75, 3.05) is 32.8 Å². The fourth-order valence-corrected chi connectivity index (χ4v) is 5.74. The van der Waals surface area contributed by atoms with Gasteiger partial charge in [-0.25, -0.2) is 4.39 Å². The number of carbonyl (C=O) groups is 2. The van der Waals surface area contributed by atoms with Gasteiger partial charge in [-0.3, -0.25) is 24.8 Å². The summed E-state index contributed by atoms with van der Waals surface area (Å²) in [6, 6.07) is 5.34. The number of aromatic nitrogens is 1. The Morgan fingerprint density at radius 3 is 2.88 bits per heavy atom. The first-order valence-corrected chi connectivity index (χ1v) is 11.3. The third-order valence-corrected chi connectivity index (χ3v) is 7.64. The normalized spacial score (nSPS) is 33.0. The Morgan fingerprint density at radius 1 is 1.31 bits per heavy atom. The second kappa shape index (κ2) is 7.04. The van der Waals surface area contributed by atoms with Gasteiger partial charge in [0.2, 0.25) is 11.8 Å². The highest BCUT2D eigenvalue weighted by Gasteiger charge is 2.70. The number of piperidine rings is 2. The van der Waals surface area contributed by atoms with Crippen LogP contribution in [0, 0.1) is 11.7 Å². The molecule has 4 saturated heterocycles. The van der Waals surface area contributed by atoms with Crippen LogP contribution in [0.25, 0.3) is 10.9 Å². The molecular formula is C24H26FN3O4. The van der Waals surface area contributed by atoms with E-state index in [0.717, 1.165) is 39.3 Å². The van der Waals surface area contributed by atoms with Crippen molar-refractivity contribution >= 4 is 22.7 Å². The molecule has 2 amide bonds. The lowest BCUT2D eigenvalue weighted by Crippen LogP contribution is -2.48. The van der Waals surface area contributed by atoms with Crippen molar-refractivity contribution in [3.05, 3.63) is 41.3 Å². The number of hydrogen-bond donors (Lipinski definition) is 1. The average molecular weight is 439 g/mol. The molecule has 4 aliphatic rings. The van der Waals surface area contributed by atoms with Crippen molar-refractivity contribution in [1.29, 1.82) is 0 Å². The molecule has 1 N–H and O–H groups in total. The van der Waals surface area contributed by atoms with Gasteiger partial charge < -0.3 is 9.47 Å². The van der Waals surface area contributed by atoms with Gasteiger partial charge in [0.1, 0.15) is 17.0 Å². The molecule has 0 spiro atoms. The van der Waals surface area contributed by atoms with Crippen molar-refractivity contribution in [2.45, 2.75) is 43.3 Å². The largest absolute Gasteiger partial charge is 0.381 e. The lowest BCUT2D eigenvalue weighted by atomic mass is 9.80. The zero-order chi connectivity index (χ0) is 22.1. The number of hydrogen-bond acceptors (Lipinski definition) is 6. The quantitative estimate of drug-likeness (QED) is 0.581. The van der Waals surface area contributed by atoms with Gasteiger partial charge in [-0.2, -0.15) is 0 Å². The summed E-state index contributed by atoms with van der Waals surface area (Å²) in [5.41, 5.74) is 0.708. The summed E-state index contributed by atoms with van der Waals surface area (Å²) in [7, 11) is 0. The Morgan fingerprint density at radius 2 is 2.16 bits per heavy atom. The maximum Gasteiger partial charge on any atom is 0.234 e. The highest BCUT2D eigenvalue weighted by atomic mass is 19.1. The molecule has 5 heterocycles. The lowest BCUT2D eigenvalue weighted by Gasteiger charge is -2.37. The number of nitrogens with zero attached hydrogens (tertiary/aromatic N) is 2. The van der Waals surface area contributed by atoms with E-state index in [1.807, 2.05) is 6.07 Å². The number of halogens is 1. The lowest BCUT2D eigenvalue weighted by molar-refractivity contribution is -0.134. The summed E-state index contributed by atoms with van der Waals surface area (Å²) in [6.07, 6.45) is 3.03.